The van der Waals surface area contributed by atoms with E-state index in [2.05, 4.69) is 0 Å². The van der Waals surface area contributed by atoms with Crippen molar-refractivity contribution in [1.82, 2.24) is 0 Å². The summed E-state index contributed by atoms with van der Waals surface area (Å²) in [6.45, 7) is 4.08. The van der Waals surface area contributed by atoms with Crippen LogP contribution < -0.4 is 0 Å². The maximum absolute atomic E-state index is 11.4. The fraction of sp³-hybridized carbons (Fsp3) is 0.778. The number of carbonyl (C=O) groups is 2. The summed E-state index contributed by atoms with van der Waals surface area (Å²) in [6.07, 6.45) is 1.05. The van der Waals surface area contributed by atoms with E-state index in [1.807, 2.05) is 13.8 Å². The zero-order valence-electron chi connectivity index (χ0n) is 6.89. The Morgan fingerprint density at radius 2 is 2.09 bits per heavy atom. The van der Waals surface area contributed by atoms with Crippen LogP contribution in [0.5, 0.6) is 0 Å². The van der Waals surface area contributed by atoms with E-state index < -0.39 is 0 Å². The fourth-order valence-electron chi connectivity index (χ4n) is 2.39. The highest BCUT2D eigenvalue weighted by Gasteiger charge is 2.68. The highest BCUT2D eigenvalue weighted by atomic mass is 16.2. The van der Waals surface area contributed by atoms with Gasteiger partial charge in [-0.1, -0.05) is 13.8 Å². The second kappa shape index (κ2) is 1.74. The van der Waals surface area contributed by atoms with Gasteiger partial charge in [-0.05, 0) is 12.3 Å². The minimum atomic E-state index is -0.197. The summed E-state index contributed by atoms with van der Waals surface area (Å²) < 4.78 is 0. The van der Waals surface area contributed by atoms with Crippen molar-refractivity contribution in [1.29, 1.82) is 0 Å². The first-order chi connectivity index (χ1) is 5.09. The molecule has 2 fully saturated rings. The fourth-order valence-corrected chi connectivity index (χ4v) is 2.39. The summed E-state index contributed by atoms with van der Waals surface area (Å²) in [5.74, 6) is 0.840. The van der Waals surface area contributed by atoms with Gasteiger partial charge < -0.3 is 0 Å². The molecule has 0 N–H and O–H groups in total. The smallest absolute Gasteiger partial charge is 0.147 e. The highest BCUT2D eigenvalue weighted by Crippen LogP contribution is 2.63. The van der Waals surface area contributed by atoms with Crippen LogP contribution in [-0.2, 0) is 9.59 Å². The third kappa shape index (κ3) is 0.627. The molecule has 0 aromatic carbocycles. The van der Waals surface area contributed by atoms with Gasteiger partial charge >= 0.3 is 0 Å². The molecule has 0 saturated heterocycles. The molecule has 60 valence electrons. The summed E-state index contributed by atoms with van der Waals surface area (Å²) in [7, 11) is 0. The van der Waals surface area contributed by atoms with Crippen molar-refractivity contribution in [3.05, 3.63) is 0 Å². The van der Waals surface area contributed by atoms with Crippen molar-refractivity contribution < 1.29 is 9.59 Å². The van der Waals surface area contributed by atoms with Gasteiger partial charge in [0.1, 0.15) is 11.6 Å². The lowest BCUT2D eigenvalue weighted by Gasteiger charge is -2.13. The second-order valence-corrected chi connectivity index (χ2v) is 4.02. The van der Waals surface area contributed by atoms with Gasteiger partial charge in [0.2, 0.25) is 0 Å². The first-order valence-electron chi connectivity index (χ1n) is 4.15. The molecular weight excluding hydrogens is 140 g/mol. The Hall–Kier alpha value is -0.660. The maximum Gasteiger partial charge on any atom is 0.147 e. The van der Waals surface area contributed by atoms with Crippen LogP contribution in [0.4, 0.5) is 0 Å². The number of hydrogen-bond donors (Lipinski definition) is 0. The second-order valence-electron chi connectivity index (χ2n) is 4.02. The molecule has 0 aliphatic heterocycles. The van der Waals surface area contributed by atoms with E-state index in [1.165, 1.54) is 0 Å². The molecule has 2 saturated carbocycles. The molecular formula is C9H12O2. The van der Waals surface area contributed by atoms with Gasteiger partial charge in [0.15, 0.2) is 0 Å². The van der Waals surface area contributed by atoms with Crippen molar-refractivity contribution in [3.8, 4) is 0 Å². The Kier molecular flexibility index (Phi) is 1.11. The molecule has 2 aliphatic carbocycles. The standard InChI is InChI=1S/C9H12O2/c1-5(2)9-4-6(9)7(10)3-8(9)11/h5-6H,3-4H2,1-2H3. The molecule has 11 heavy (non-hydrogen) atoms. The number of rotatable bonds is 1. The average Bonchev–Trinajstić information content (AvgIpc) is 2.56. The van der Waals surface area contributed by atoms with Crippen LogP contribution in [0.2, 0.25) is 0 Å². The van der Waals surface area contributed by atoms with E-state index in [-0.39, 0.29) is 29.3 Å². The van der Waals surface area contributed by atoms with Crippen LogP contribution in [0.1, 0.15) is 26.7 Å². The van der Waals surface area contributed by atoms with Crippen molar-refractivity contribution in [3.63, 3.8) is 0 Å². The van der Waals surface area contributed by atoms with Crippen LogP contribution >= 0.6 is 0 Å². The van der Waals surface area contributed by atoms with Crippen LogP contribution in [0, 0.1) is 17.3 Å². The van der Waals surface area contributed by atoms with Crippen LogP contribution in [-0.4, -0.2) is 11.6 Å². The summed E-state index contributed by atoms with van der Waals surface area (Å²) in [6, 6.07) is 0. The average molecular weight is 152 g/mol. The first-order valence-corrected chi connectivity index (χ1v) is 4.15. The van der Waals surface area contributed by atoms with Crippen molar-refractivity contribution in [2.24, 2.45) is 17.3 Å². The van der Waals surface area contributed by atoms with E-state index in [0.717, 1.165) is 6.42 Å². The zero-order chi connectivity index (χ0) is 8.22. The van der Waals surface area contributed by atoms with Crippen LogP contribution in [0.3, 0.4) is 0 Å². The molecule has 0 heterocycles. The van der Waals surface area contributed by atoms with Crippen molar-refractivity contribution in [2.75, 3.05) is 0 Å². The van der Waals surface area contributed by atoms with Crippen molar-refractivity contribution >= 4 is 11.6 Å². The van der Waals surface area contributed by atoms with E-state index in [9.17, 15) is 9.59 Å². The molecule has 0 bridgehead atoms. The molecule has 2 unspecified atom stereocenters. The normalized spacial score (nSPS) is 41.5. The lowest BCUT2D eigenvalue weighted by molar-refractivity contribution is -0.126. The van der Waals surface area contributed by atoms with Gasteiger partial charge in [0, 0.05) is 11.3 Å². The molecule has 2 heteroatoms. The third-order valence-corrected chi connectivity index (χ3v) is 3.28. The first kappa shape index (κ1) is 7.01. The number of carbonyl (C=O) groups excluding carboxylic acids is 2. The molecule has 0 amide bonds. The van der Waals surface area contributed by atoms with Gasteiger partial charge in [-0.2, -0.15) is 0 Å². The highest BCUT2D eigenvalue weighted by molar-refractivity contribution is 6.14. The largest absolute Gasteiger partial charge is 0.299 e. The predicted molar refractivity (Wildman–Crippen MR) is 40.0 cm³/mol. The number of hydrogen-bond acceptors (Lipinski definition) is 2. The SMILES string of the molecule is CC(C)C12CC1C(=O)CC2=O. The number of ketones is 2. The lowest BCUT2D eigenvalue weighted by atomic mass is 9.89. The Bertz CT molecular complexity index is 242. The summed E-state index contributed by atoms with van der Waals surface area (Å²) in [5, 5.41) is 0. The monoisotopic (exact) mass is 152 g/mol. The Morgan fingerprint density at radius 1 is 1.45 bits per heavy atom. The number of fused-ring (bicyclic) bond motifs is 1. The zero-order valence-corrected chi connectivity index (χ0v) is 6.89. The van der Waals surface area contributed by atoms with Gasteiger partial charge in [0.25, 0.3) is 0 Å². The third-order valence-electron chi connectivity index (χ3n) is 3.28. The summed E-state index contributed by atoms with van der Waals surface area (Å²) in [4.78, 5) is 22.5. The van der Waals surface area contributed by atoms with E-state index in [4.69, 9.17) is 0 Å². The van der Waals surface area contributed by atoms with Gasteiger partial charge in [-0.3, -0.25) is 9.59 Å². The topological polar surface area (TPSA) is 34.1 Å². The van der Waals surface area contributed by atoms with Crippen LogP contribution in [0.15, 0.2) is 0 Å². The lowest BCUT2D eigenvalue weighted by Crippen LogP contribution is -2.18. The Balaban J connectivity index is 2.32. The van der Waals surface area contributed by atoms with E-state index >= 15 is 0 Å². The molecule has 0 spiro atoms. The minimum Gasteiger partial charge on any atom is -0.299 e. The Morgan fingerprint density at radius 3 is 2.27 bits per heavy atom. The van der Waals surface area contributed by atoms with Crippen LogP contribution in [0.25, 0.3) is 0 Å². The molecule has 2 aliphatic rings. The van der Waals surface area contributed by atoms with Gasteiger partial charge in [-0.25, -0.2) is 0 Å². The van der Waals surface area contributed by atoms with E-state index in [1.54, 1.807) is 0 Å². The van der Waals surface area contributed by atoms with Gasteiger partial charge in [0.05, 0.1) is 6.42 Å². The summed E-state index contributed by atoms with van der Waals surface area (Å²) >= 11 is 0. The minimum absolute atomic E-state index is 0.106. The molecule has 2 nitrogen and oxygen atoms in total. The van der Waals surface area contributed by atoms with E-state index in [0.29, 0.717) is 5.92 Å². The Labute approximate surface area is 66.0 Å². The quantitative estimate of drug-likeness (QED) is 0.529. The molecule has 2 atom stereocenters. The maximum atomic E-state index is 11.4. The van der Waals surface area contributed by atoms with Crippen molar-refractivity contribution in [2.45, 2.75) is 26.7 Å². The van der Waals surface area contributed by atoms with Gasteiger partial charge in [-0.15, -0.1) is 0 Å². The summed E-state index contributed by atoms with van der Waals surface area (Å²) in [5.41, 5.74) is -0.197. The number of Topliss-reactive ketones (excluding diaryl/α,β-unsaturated/α-hetero) is 2. The molecule has 0 radical (unpaired) electrons. The predicted octanol–water partition coefficient (Wildman–Crippen LogP) is 1.19. The molecule has 0 aromatic rings. The molecule has 2 rings (SSSR count). The molecule has 0 aromatic heterocycles.